The fourth-order valence-electron chi connectivity index (χ4n) is 3.61. The Morgan fingerprint density at radius 1 is 1.12 bits per heavy atom. The van der Waals surface area contributed by atoms with E-state index in [0.717, 1.165) is 50.9 Å². The van der Waals surface area contributed by atoms with Gasteiger partial charge in [-0.2, -0.15) is 0 Å². The topological polar surface area (TPSA) is 37.4 Å². The summed E-state index contributed by atoms with van der Waals surface area (Å²) in [6.45, 7) is 9.28. The first-order valence-corrected chi connectivity index (χ1v) is 9.86. The number of hydrogen-bond donors (Lipinski definition) is 0. The zero-order valence-electron chi connectivity index (χ0n) is 16.1. The van der Waals surface area contributed by atoms with Crippen LogP contribution in [-0.2, 0) is 11.2 Å². The van der Waals surface area contributed by atoms with Crippen LogP contribution in [0, 0.1) is 11.8 Å². The molecule has 0 aliphatic carbocycles. The van der Waals surface area contributed by atoms with Gasteiger partial charge in [0.1, 0.15) is 5.78 Å². The molecule has 0 amide bonds. The highest BCUT2D eigenvalue weighted by atomic mass is 16.1. The molecule has 138 valence electrons. The number of hydrogen-bond acceptors (Lipinski definition) is 3. The number of likely N-dealkylation sites (tertiary alicyclic amines) is 1. The molecule has 0 N–H and O–H groups in total. The fourth-order valence-corrected chi connectivity index (χ4v) is 3.61. The van der Waals surface area contributed by atoms with E-state index >= 15 is 0 Å². The molecule has 0 atom stereocenters. The highest BCUT2D eigenvalue weighted by molar-refractivity contribution is 5.97. The molecule has 0 unspecified atom stereocenters. The number of Topliss-reactive ketones (excluding diaryl/α,β-unsaturated/α-hetero) is 2. The maximum absolute atomic E-state index is 12.7. The van der Waals surface area contributed by atoms with Gasteiger partial charge in [-0.3, -0.25) is 9.59 Å². The van der Waals surface area contributed by atoms with Gasteiger partial charge in [0.25, 0.3) is 0 Å². The largest absolute Gasteiger partial charge is 0.303 e. The predicted molar refractivity (Wildman–Crippen MR) is 103 cm³/mol. The van der Waals surface area contributed by atoms with Crippen LogP contribution in [0.4, 0.5) is 0 Å². The Hall–Kier alpha value is -1.48. The van der Waals surface area contributed by atoms with Crippen LogP contribution in [0.2, 0.25) is 0 Å². The first-order chi connectivity index (χ1) is 12.0. The van der Waals surface area contributed by atoms with Crippen molar-refractivity contribution < 1.29 is 9.59 Å². The second-order valence-electron chi connectivity index (χ2n) is 7.77. The molecule has 1 aliphatic rings. The van der Waals surface area contributed by atoms with Crippen LogP contribution in [0.5, 0.6) is 0 Å². The molecule has 0 spiro atoms. The van der Waals surface area contributed by atoms with Crippen molar-refractivity contribution in [1.82, 2.24) is 4.90 Å². The minimum Gasteiger partial charge on any atom is -0.303 e. The van der Waals surface area contributed by atoms with Gasteiger partial charge in [-0.1, -0.05) is 45.0 Å². The molecule has 2 rings (SSSR count). The Bertz CT molecular complexity index is 554. The van der Waals surface area contributed by atoms with Gasteiger partial charge < -0.3 is 4.90 Å². The van der Waals surface area contributed by atoms with E-state index in [2.05, 4.69) is 30.9 Å². The highest BCUT2D eigenvalue weighted by Gasteiger charge is 2.25. The van der Waals surface area contributed by atoms with Crippen molar-refractivity contribution in [3.05, 3.63) is 35.4 Å². The number of carbonyl (C=O) groups is 2. The molecular formula is C22H33NO2. The van der Waals surface area contributed by atoms with Crippen molar-refractivity contribution >= 4 is 11.6 Å². The third-order valence-electron chi connectivity index (χ3n) is 5.17. The zero-order valence-corrected chi connectivity index (χ0v) is 16.1. The van der Waals surface area contributed by atoms with E-state index in [4.69, 9.17) is 0 Å². The number of carbonyl (C=O) groups excluding carboxylic acids is 2. The van der Waals surface area contributed by atoms with Gasteiger partial charge in [-0.05, 0) is 56.8 Å². The highest BCUT2D eigenvalue weighted by Crippen LogP contribution is 2.22. The molecule has 0 bridgehead atoms. The molecule has 1 fully saturated rings. The average Bonchev–Trinajstić information content (AvgIpc) is 2.61. The monoisotopic (exact) mass is 343 g/mol. The van der Waals surface area contributed by atoms with Crippen molar-refractivity contribution in [1.29, 1.82) is 0 Å². The molecule has 1 saturated heterocycles. The SMILES string of the molecule is CCC(=O)CCCN1CCC(C(=O)c2ccc(CC(C)C)cc2)CC1. The van der Waals surface area contributed by atoms with Gasteiger partial charge in [0.05, 0.1) is 0 Å². The lowest BCUT2D eigenvalue weighted by Crippen LogP contribution is -2.37. The van der Waals surface area contributed by atoms with Crippen LogP contribution in [0.1, 0.15) is 68.8 Å². The Labute approximate surface area is 152 Å². The van der Waals surface area contributed by atoms with Crippen molar-refractivity contribution in [3.63, 3.8) is 0 Å². The summed E-state index contributed by atoms with van der Waals surface area (Å²) < 4.78 is 0. The molecule has 3 heteroatoms. The maximum atomic E-state index is 12.7. The smallest absolute Gasteiger partial charge is 0.166 e. The summed E-state index contributed by atoms with van der Waals surface area (Å²) in [4.78, 5) is 26.5. The third kappa shape index (κ3) is 6.39. The molecule has 3 nitrogen and oxygen atoms in total. The summed E-state index contributed by atoms with van der Waals surface area (Å²) in [7, 11) is 0. The average molecular weight is 344 g/mol. The molecule has 1 aliphatic heterocycles. The first-order valence-electron chi connectivity index (χ1n) is 9.86. The Balaban J connectivity index is 1.78. The van der Waals surface area contributed by atoms with Crippen LogP contribution in [0.3, 0.4) is 0 Å². The minimum absolute atomic E-state index is 0.157. The van der Waals surface area contributed by atoms with Crippen molar-refractivity contribution in [3.8, 4) is 0 Å². The molecule has 1 heterocycles. The van der Waals surface area contributed by atoms with E-state index < -0.39 is 0 Å². The molecule has 1 aromatic carbocycles. The van der Waals surface area contributed by atoms with E-state index in [9.17, 15) is 9.59 Å². The lowest BCUT2D eigenvalue weighted by Gasteiger charge is -2.31. The first kappa shape index (κ1) is 19.8. The molecular weight excluding hydrogens is 310 g/mol. The van der Waals surface area contributed by atoms with Crippen LogP contribution in [-0.4, -0.2) is 36.1 Å². The van der Waals surface area contributed by atoms with Gasteiger partial charge in [0.15, 0.2) is 5.78 Å². The van der Waals surface area contributed by atoms with Gasteiger partial charge >= 0.3 is 0 Å². The fraction of sp³-hybridized carbons (Fsp3) is 0.636. The van der Waals surface area contributed by atoms with E-state index in [1.807, 2.05) is 19.1 Å². The van der Waals surface area contributed by atoms with Crippen molar-refractivity contribution in [2.75, 3.05) is 19.6 Å². The summed E-state index contributed by atoms with van der Waals surface area (Å²) >= 11 is 0. The van der Waals surface area contributed by atoms with E-state index in [0.29, 0.717) is 30.3 Å². The molecule has 1 aromatic rings. The number of benzene rings is 1. The van der Waals surface area contributed by atoms with E-state index in [-0.39, 0.29) is 5.92 Å². The molecule has 0 radical (unpaired) electrons. The number of nitrogens with zero attached hydrogens (tertiary/aromatic N) is 1. The van der Waals surface area contributed by atoms with Crippen molar-refractivity contribution in [2.24, 2.45) is 11.8 Å². The van der Waals surface area contributed by atoms with Gasteiger partial charge in [0, 0.05) is 24.3 Å². The Morgan fingerprint density at radius 2 is 1.76 bits per heavy atom. The Kier molecular flexibility index (Phi) is 7.83. The van der Waals surface area contributed by atoms with Crippen molar-refractivity contribution in [2.45, 2.75) is 59.3 Å². The maximum Gasteiger partial charge on any atom is 0.166 e. The zero-order chi connectivity index (χ0) is 18.2. The minimum atomic E-state index is 0.157. The van der Waals surface area contributed by atoms with Gasteiger partial charge in [-0.25, -0.2) is 0 Å². The normalized spacial score (nSPS) is 16.3. The quantitative estimate of drug-likeness (QED) is 0.618. The number of piperidine rings is 1. The van der Waals surface area contributed by atoms with Crippen LogP contribution in [0.15, 0.2) is 24.3 Å². The second-order valence-corrected chi connectivity index (χ2v) is 7.77. The van der Waals surface area contributed by atoms with Crippen LogP contribution >= 0.6 is 0 Å². The molecule has 25 heavy (non-hydrogen) atoms. The standard InChI is InChI=1S/C22H33NO2/c1-4-21(24)6-5-13-23-14-11-20(12-15-23)22(25)19-9-7-18(8-10-19)16-17(2)3/h7-10,17,20H,4-6,11-16H2,1-3H3. The predicted octanol–water partition coefficient (Wildman–Crippen LogP) is 4.54. The van der Waals surface area contributed by atoms with Gasteiger partial charge in [-0.15, -0.1) is 0 Å². The summed E-state index contributed by atoms with van der Waals surface area (Å²) in [5.74, 6) is 1.45. The summed E-state index contributed by atoms with van der Waals surface area (Å²) in [5.41, 5.74) is 2.17. The molecule has 0 aromatic heterocycles. The number of rotatable bonds is 9. The van der Waals surface area contributed by atoms with Crippen LogP contribution < -0.4 is 0 Å². The number of ketones is 2. The van der Waals surface area contributed by atoms with Gasteiger partial charge in [0.2, 0.25) is 0 Å². The molecule has 0 saturated carbocycles. The summed E-state index contributed by atoms with van der Waals surface area (Å²) in [5, 5.41) is 0. The third-order valence-corrected chi connectivity index (χ3v) is 5.17. The van der Waals surface area contributed by atoms with Crippen LogP contribution in [0.25, 0.3) is 0 Å². The summed E-state index contributed by atoms with van der Waals surface area (Å²) in [6, 6.07) is 8.21. The Morgan fingerprint density at radius 3 is 2.32 bits per heavy atom. The van der Waals surface area contributed by atoms with E-state index in [1.165, 1.54) is 5.56 Å². The van der Waals surface area contributed by atoms with E-state index in [1.54, 1.807) is 0 Å². The lowest BCUT2D eigenvalue weighted by molar-refractivity contribution is -0.118. The second kappa shape index (κ2) is 9.86. The summed E-state index contributed by atoms with van der Waals surface area (Å²) in [6.07, 6.45) is 5.23. The lowest BCUT2D eigenvalue weighted by atomic mass is 9.88.